The molecule has 24 heavy (non-hydrogen) atoms. The second-order valence-electron chi connectivity index (χ2n) is 7.04. The van der Waals surface area contributed by atoms with E-state index in [1.165, 1.54) is 11.1 Å². The van der Waals surface area contributed by atoms with Gasteiger partial charge in [-0.1, -0.05) is 38.1 Å². The summed E-state index contributed by atoms with van der Waals surface area (Å²) >= 11 is 0. The second kappa shape index (κ2) is 6.36. The summed E-state index contributed by atoms with van der Waals surface area (Å²) in [7, 11) is 0. The molecule has 1 saturated heterocycles. The molecular weight excluding hydrogens is 296 g/mol. The van der Waals surface area contributed by atoms with E-state index in [2.05, 4.69) is 53.4 Å². The molecule has 2 unspecified atom stereocenters. The minimum absolute atomic E-state index is 0.362. The van der Waals surface area contributed by atoms with Crippen LogP contribution in [-0.4, -0.2) is 28.0 Å². The molecule has 1 aromatic carbocycles. The number of benzene rings is 1. The van der Waals surface area contributed by atoms with Crippen LogP contribution in [0.3, 0.4) is 0 Å². The van der Waals surface area contributed by atoms with Gasteiger partial charge in [0.25, 0.3) is 0 Å². The number of aromatic amines is 1. The van der Waals surface area contributed by atoms with E-state index in [0.29, 0.717) is 17.8 Å². The minimum Gasteiger partial charge on any atom is -0.346 e. The van der Waals surface area contributed by atoms with Gasteiger partial charge in [-0.2, -0.15) is 0 Å². The van der Waals surface area contributed by atoms with Gasteiger partial charge in [0.05, 0.1) is 0 Å². The molecular formula is C20H24N4. The minimum atomic E-state index is 0.362. The first-order chi connectivity index (χ1) is 11.7. The predicted molar refractivity (Wildman–Crippen MR) is 97.4 cm³/mol. The van der Waals surface area contributed by atoms with Crippen molar-refractivity contribution < 1.29 is 0 Å². The van der Waals surface area contributed by atoms with Gasteiger partial charge in [-0.25, -0.2) is 9.97 Å². The van der Waals surface area contributed by atoms with E-state index in [1.807, 2.05) is 18.5 Å². The summed E-state index contributed by atoms with van der Waals surface area (Å²) in [5.41, 5.74) is 3.74. The number of hydrogen-bond donors (Lipinski definition) is 2. The van der Waals surface area contributed by atoms with E-state index in [9.17, 15) is 0 Å². The molecule has 0 amide bonds. The van der Waals surface area contributed by atoms with E-state index in [0.717, 1.165) is 36.4 Å². The Morgan fingerprint density at radius 1 is 1.17 bits per heavy atom. The Kier molecular flexibility index (Phi) is 4.07. The topological polar surface area (TPSA) is 53.6 Å². The lowest BCUT2D eigenvalue weighted by Crippen LogP contribution is -2.34. The monoisotopic (exact) mass is 320 g/mol. The van der Waals surface area contributed by atoms with Gasteiger partial charge in [-0.05, 0) is 36.1 Å². The van der Waals surface area contributed by atoms with E-state index in [-0.39, 0.29) is 0 Å². The van der Waals surface area contributed by atoms with E-state index in [1.54, 1.807) is 0 Å². The molecule has 2 aromatic heterocycles. The lowest BCUT2D eigenvalue weighted by Gasteiger charge is -2.32. The molecule has 3 heterocycles. The van der Waals surface area contributed by atoms with Crippen LogP contribution >= 0.6 is 0 Å². The first-order valence-corrected chi connectivity index (χ1v) is 8.83. The summed E-state index contributed by atoms with van der Waals surface area (Å²) in [6.45, 7) is 6.51. The molecule has 0 aliphatic carbocycles. The molecule has 4 heteroatoms. The maximum atomic E-state index is 4.80. The summed E-state index contributed by atoms with van der Waals surface area (Å²) < 4.78 is 0. The smallest absolute Gasteiger partial charge is 0.141 e. The van der Waals surface area contributed by atoms with Crippen molar-refractivity contribution in [1.29, 1.82) is 0 Å². The van der Waals surface area contributed by atoms with Gasteiger partial charge in [-0.15, -0.1) is 0 Å². The summed E-state index contributed by atoms with van der Waals surface area (Å²) in [5.74, 6) is 2.30. The van der Waals surface area contributed by atoms with Crippen LogP contribution in [0, 0.1) is 0 Å². The summed E-state index contributed by atoms with van der Waals surface area (Å²) in [6.07, 6.45) is 4.94. The molecule has 0 radical (unpaired) electrons. The SMILES string of the molecule is CC(C)c1cccc(C2CNCCC2c2ncc3cc[nH]c3n2)c1. The number of nitrogens with one attached hydrogen (secondary N) is 2. The summed E-state index contributed by atoms with van der Waals surface area (Å²) in [4.78, 5) is 12.7. The van der Waals surface area contributed by atoms with Gasteiger partial charge in [0.15, 0.2) is 0 Å². The highest BCUT2D eigenvalue weighted by molar-refractivity contribution is 5.74. The Balaban J connectivity index is 1.71. The number of hydrogen-bond acceptors (Lipinski definition) is 3. The molecule has 3 aromatic rings. The zero-order valence-electron chi connectivity index (χ0n) is 14.3. The molecule has 1 fully saturated rings. The van der Waals surface area contributed by atoms with Crippen LogP contribution in [0.4, 0.5) is 0 Å². The molecule has 4 nitrogen and oxygen atoms in total. The molecule has 1 aliphatic rings. The molecule has 1 aliphatic heterocycles. The third-order valence-corrected chi connectivity index (χ3v) is 5.14. The Morgan fingerprint density at radius 3 is 2.96 bits per heavy atom. The van der Waals surface area contributed by atoms with E-state index in [4.69, 9.17) is 4.98 Å². The quantitative estimate of drug-likeness (QED) is 0.768. The van der Waals surface area contributed by atoms with Crippen LogP contribution in [0.15, 0.2) is 42.7 Å². The van der Waals surface area contributed by atoms with Crippen LogP contribution in [0.1, 0.15) is 55.0 Å². The van der Waals surface area contributed by atoms with Crippen molar-refractivity contribution in [3.8, 4) is 0 Å². The highest BCUT2D eigenvalue weighted by Crippen LogP contribution is 2.36. The second-order valence-corrected chi connectivity index (χ2v) is 7.04. The van der Waals surface area contributed by atoms with Gasteiger partial charge in [0.2, 0.25) is 0 Å². The summed E-state index contributed by atoms with van der Waals surface area (Å²) in [5, 5.41) is 4.63. The fraction of sp³-hybridized carbons (Fsp3) is 0.400. The third-order valence-electron chi connectivity index (χ3n) is 5.14. The van der Waals surface area contributed by atoms with Crippen LogP contribution < -0.4 is 5.32 Å². The van der Waals surface area contributed by atoms with Crippen molar-refractivity contribution in [2.24, 2.45) is 0 Å². The molecule has 2 atom stereocenters. The largest absolute Gasteiger partial charge is 0.346 e. The average Bonchev–Trinajstić information content (AvgIpc) is 3.09. The fourth-order valence-corrected chi connectivity index (χ4v) is 3.70. The van der Waals surface area contributed by atoms with Gasteiger partial charge < -0.3 is 10.3 Å². The first-order valence-electron chi connectivity index (χ1n) is 8.83. The van der Waals surface area contributed by atoms with Crippen molar-refractivity contribution in [2.75, 3.05) is 13.1 Å². The van der Waals surface area contributed by atoms with Gasteiger partial charge in [0.1, 0.15) is 11.5 Å². The van der Waals surface area contributed by atoms with Crippen molar-refractivity contribution >= 4 is 11.0 Å². The number of nitrogens with zero attached hydrogens (tertiary/aromatic N) is 2. The van der Waals surface area contributed by atoms with Crippen molar-refractivity contribution in [1.82, 2.24) is 20.3 Å². The average molecular weight is 320 g/mol. The molecule has 0 bridgehead atoms. The lowest BCUT2D eigenvalue weighted by molar-refractivity contribution is 0.391. The highest BCUT2D eigenvalue weighted by atomic mass is 15.0. The van der Waals surface area contributed by atoms with E-state index < -0.39 is 0 Å². The molecule has 0 spiro atoms. The fourth-order valence-electron chi connectivity index (χ4n) is 3.70. The van der Waals surface area contributed by atoms with Gasteiger partial charge in [0, 0.05) is 36.2 Å². The number of rotatable bonds is 3. The van der Waals surface area contributed by atoms with Gasteiger partial charge >= 0.3 is 0 Å². The number of aromatic nitrogens is 3. The van der Waals surface area contributed by atoms with Crippen LogP contribution in [0.25, 0.3) is 11.0 Å². The van der Waals surface area contributed by atoms with Crippen LogP contribution in [-0.2, 0) is 0 Å². The van der Waals surface area contributed by atoms with Crippen molar-refractivity contribution in [2.45, 2.75) is 38.0 Å². The number of H-pyrrole nitrogens is 1. The Morgan fingerprint density at radius 2 is 2.08 bits per heavy atom. The predicted octanol–water partition coefficient (Wildman–Crippen LogP) is 3.94. The first kappa shape index (κ1) is 15.3. The van der Waals surface area contributed by atoms with Crippen molar-refractivity contribution in [3.05, 3.63) is 59.7 Å². The third kappa shape index (κ3) is 2.82. The van der Waals surface area contributed by atoms with Crippen LogP contribution in [0.2, 0.25) is 0 Å². The highest BCUT2D eigenvalue weighted by Gasteiger charge is 2.30. The standard InChI is InChI=1S/C20H24N4/c1-13(2)14-4-3-5-15(10-14)18-12-21-8-7-17(18)20-23-11-16-6-9-22-19(16)24-20/h3-6,9-11,13,17-18,21H,7-8,12H2,1-2H3,(H,22,23,24). The molecule has 4 rings (SSSR count). The van der Waals surface area contributed by atoms with Crippen LogP contribution in [0.5, 0.6) is 0 Å². The maximum absolute atomic E-state index is 4.80. The normalized spacial score (nSPS) is 21.5. The Bertz CT molecular complexity index is 836. The zero-order chi connectivity index (χ0) is 16.5. The van der Waals surface area contributed by atoms with Gasteiger partial charge in [-0.3, -0.25) is 0 Å². The van der Waals surface area contributed by atoms with E-state index >= 15 is 0 Å². The maximum Gasteiger partial charge on any atom is 0.141 e. The Labute approximate surface area is 142 Å². The zero-order valence-corrected chi connectivity index (χ0v) is 14.3. The number of fused-ring (bicyclic) bond motifs is 1. The lowest BCUT2D eigenvalue weighted by atomic mass is 9.80. The molecule has 124 valence electrons. The van der Waals surface area contributed by atoms with Crippen molar-refractivity contribution in [3.63, 3.8) is 0 Å². The summed E-state index contributed by atoms with van der Waals surface area (Å²) in [6, 6.07) is 11.0. The number of piperidine rings is 1. The molecule has 0 saturated carbocycles. The Hall–Kier alpha value is -2.20. The molecule has 2 N–H and O–H groups in total.